The van der Waals surface area contributed by atoms with Crippen LogP contribution in [0.4, 0.5) is 11.6 Å². The predicted molar refractivity (Wildman–Crippen MR) is 83.2 cm³/mol. The van der Waals surface area contributed by atoms with Gasteiger partial charge in [-0.1, -0.05) is 6.92 Å². The van der Waals surface area contributed by atoms with Crippen LogP contribution in [0, 0.1) is 12.3 Å². The van der Waals surface area contributed by atoms with Crippen LogP contribution in [0.1, 0.15) is 49.9 Å². The summed E-state index contributed by atoms with van der Waals surface area (Å²) in [6.45, 7) is 6.92. The summed E-state index contributed by atoms with van der Waals surface area (Å²) in [7, 11) is 0. The average molecular weight is 291 g/mol. The molecule has 1 saturated heterocycles. The first-order valence-electron chi connectivity index (χ1n) is 7.78. The first kappa shape index (κ1) is 14.5. The minimum absolute atomic E-state index is 0.270. The second-order valence-corrected chi connectivity index (χ2v) is 6.60. The highest BCUT2D eigenvalue weighted by molar-refractivity contribution is 5.57. The van der Waals surface area contributed by atoms with Gasteiger partial charge in [0.25, 0.3) is 0 Å². The molecule has 0 unspecified atom stereocenters. The predicted octanol–water partition coefficient (Wildman–Crippen LogP) is 2.18. The van der Waals surface area contributed by atoms with E-state index in [-0.39, 0.29) is 5.41 Å². The van der Waals surface area contributed by atoms with Gasteiger partial charge in [-0.05, 0) is 38.0 Å². The minimum atomic E-state index is 0.270. The lowest BCUT2D eigenvalue weighted by Crippen LogP contribution is -2.33. The number of aromatic nitrogens is 2. The quantitative estimate of drug-likeness (QED) is 0.569. The van der Waals surface area contributed by atoms with Crippen molar-refractivity contribution in [3.8, 4) is 0 Å². The maximum Gasteiger partial charge on any atom is 0.148 e. The highest BCUT2D eigenvalue weighted by Gasteiger charge is 2.30. The van der Waals surface area contributed by atoms with Gasteiger partial charge in [0.05, 0.1) is 0 Å². The van der Waals surface area contributed by atoms with Crippen LogP contribution in [0.5, 0.6) is 0 Å². The molecule has 1 aromatic rings. The van der Waals surface area contributed by atoms with Gasteiger partial charge in [-0.25, -0.2) is 15.8 Å². The van der Waals surface area contributed by atoms with Gasteiger partial charge in [0, 0.05) is 31.2 Å². The first-order valence-corrected chi connectivity index (χ1v) is 7.78. The summed E-state index contributed by atoms with van der Waals surface area (Å²) in [6, 6.07) is 0. The molecule has 2 fully saturated rings. The smallest absolute Gasteiger partial charge is 0.148 e. The van der Waals surface area contributed by atoms with Crippen molar-refractivity contribution < 1.29 is 4.74 Å². The topological polar surface area (TPSA) is 85.1 Å². The molecule has 0 atom stereocenters. The summed E-state index contributed by atoms with van der Waals surface area (Å²) in [6.07, 6.45) is 4.53. The van der Waals surface area contributed by atoms with Crippen molar-refractivity contribution >= 4 is 11.6 Å². The number of nitrogens with zero attached hydrogens (tertiary/aromatic N) is 2. The van der Waals surface area contributed by atoms with Gasteiger partial charge in [-0.2, -0.15) is 0 Å². The molecule has 1 saturated carbocycles. The lowest BCUT2D eigenvalue weighted by molar-refractivity contribution is 0.0299. The lowest BCUT2D eigenvalue weighted by Gasteiger charge is -2.34. The Balaban J connectivity index is 1.75. The van der Waals surface area contributed by atoms with Crippen LogP contribution >= 0.6 is 0 Å². The van der Waals surface area contributed by atoms with Gasteiger partial charge < -0.3 is 15.5 Å². The average Bonchev–Trinajstić information content (AvgIpc) is 3.32. The molecule has 2 heterocycles. The van der Waals surface area contributed by atoms with Crippen molar-refractivity contribution in [3.63, 3.8) is 0 Å². The van der Waals surface area contributed by atoms with Crippen LogP contribution in [0.15, 0.2) is 0 Å². The third-order valence-corrected chi connectivity index (χ3v) is 4.62. The molecular formula is C15H25N5O. The highest BCUT2D eigenvalue weighted by Crippen LogP contribution is 2.39. The molecule has 3 rings (SSSR count). The molecule has 116 valence electrons. The molecule has 0 aromatic carbocycles. The van der Waals surface area contributed by atoms with Crippen molar-refractivity contribution in [2.75, 3.05) is 30.5 Å². The lowest BCUT2D eigenvalue weighted by atomic mass is 9.82. The van der Waals surface area contributed by atoms with Crippen molar-refractivity contribution in [1.29, 1.82) is 0 Å². The SMILES string of the molecule is Cc1c(NN)nc(C2CC2)nc1NCC1(C)CCOCC1. The van der Waals surface area contributed by atoms with Gasteiger partial charge in [-0.15, -0.1) is 0 Å². The van der Waals surface area contributed by atoms with Crippen LogP contribution in [-0.4, -0.2) is 29.7 Å². The molecule has 0 amide bonds. The van der Waals surface area contributed by atoms with Crippen LogP contribution in [-0.2, 0) is 4.74 Å². The molecule has 4 N–H and O–H groups in total. The summed E-state index contributed by atoms with van der Waals surface area (Å²) >= 11 is 0. The number of ether oxygens (including phenoxy) is 1. The van der Waals surface area contributed by atoms with Crippen molar-refractivity contribution in [2.45, 2.75) is 45.4 Å². The van der Waals surface area contributed by atoms with Crippen LogP contribution < -0.4 is 16.6 Å². The van der Waals surface area contributed by atoms with E-state index in [1.165, 1.54) is 12.8 Å². The van der Waals surface area contributed by atoms with E-state index in [4.69, 9.17) is 15.6 Å². The van der Waals surface area contributed by atoms with Gasteiger partial charge >= 0.3 is 0 Å². The molecule has 0 radical (unpaired) electrons. The van der Waals surface area contributed by atoms with Crippen LogP contribution in [0.25, 0.3) is 0 Å². The van der Waals surface area contributed by atoms with E-state index in [0.29, 0.717) is 5.92 Å². The number of nitrogens with one attached hydrogen (secondary N) is 2. The third-order valence-electron chi connectivity index (χ3n) is 4.62. The number of hydrogen-bond donors (Lipinski definition) is 3. The molecule has 2 aliphatic rings. The number of nitrogens with two attached hydrogens (primary N) is 1. The Morgan fingerprint density at radius 1 is 1.24 bits per heavy atom. The maximum atomic E-state index is 5.59. The number of hydrazine groups is 1. The van der Waals surface area contributed by atoms with E-state index < -0.39 is 0 Å². The van der Waals surface area contributed by atoms with Crippen molar-refractivity contribution in [3.05, 3.63) is 11.4 Å². The number of anilines is 2. The molecule has 0 spiro atoms. The van der Waals surface area contributed by atoms with E-state index in [1.807, 2.05) is 6.92 Å². The fraction of sp³-hybridized carbons (Fsp3) is 0.733. The van der Waals surface area contributed by atoms with Crippen LogP contribution in [0.3, 0.4) is 0 Å². The van der Waals surface area contributed by atoms with Gasteiger partial charge in [0.1, 0.15) is 17.5 Å². The standard InChI is InChI=1S/C15H25N5O/c1-10-12(17-9-15(2)5-7-21-8-6-15)18-14(11-3-4-11)19-13(10)20-16/h11H,3-9,16H2,1-2H3,(H2,17,18,19,20). The zero-order valence-corrected chi connectivity index (χ0v) is 12.9. The molecule has 1 aromatic heterocycles. The zero-order valence-electron chi connectivity index (χ0n) is 12.9. The minimum Gasteiger partial charge on any atom is -0.381 e. The maximum absolute atomic E-state index is 5.59. The first-order chi connectivity index (χ1) is 10.1. The van der Waals surface area contributed by atoms with Gasteiger partial charge in [-0.3, -0.25) is 0 Å². The Kier molecular flexibility index (Phi) is 3.99. The highest BCUT2D eigenvalue weighted by atomic mass is 16.5. The second-order valence-electron chi connectivity index (χ2n) is 6.60. The van der Waals surface area contributed by atoms with Crippen molar-refractivity contribution in [1.82, 2.24) is 9.97 Å². The fourth-order valence-corrected chi connectivity index (χ4v) is 2.71. The number of hydrogen-bond acceptors (Lipinski definition) is 6. The summed E-state index contributed by atoms with van der Waals surface area (Å²) in [5.74, 6) is 8.65. The number of nitrogen functional groups attached to an aromatic ring is 1. The summed E-state index contributed by atoms with van der Waals surface area (Å²) in [5.41, 5.74) is 3.95. The zero-order chi connectivity index (χ0) is 14.9. The Hall–Kier alpha value is -1.40. The van der Waals surface area contributed by atoms with E-state index in [9.17, 15) is 0 Å². The summed E-state index contributed by atoms with van der Waals surface area (Å²) in [5, 5.41) is 3.52. The second kappa shape index (κ2) is 5.77. The normalized spacial score (nSPS) is 21.1. The molecular weight excluding hydrogens is 266 g/mol. The Morgan fingerprint density at radius 2 is 1.90 bits per heavy atom. The Morgan fingerprint density at radius 3 is 2.52 bits per heavy atom. The van der Waals surface area contributed by atoms with Gasteiger partial charge in [0.2, 0.25) is 0 Å². The van der Waals surface area contributed by atoms with E-state index >= 15 is 0 Å². The van der Waals surface area contributed by atoms with E-state index in [2.05, 4.69) is 22.7 Å². The fourth-order valence-electron chi connectivity index (χ4n) is 2.71. The van der Waals surface area contributed by atoms with Gasteiger partial charge in [0.15, 0.2) is 0 Å². The summed E-state index contributed by atoms with van der Waals surface area (Å²) < 4.78 is 5.46. The molecule has 0 bridgehead atoms. The van der Waals surface area contributed by atoms with E-state index in [1.54, 1.807) is 0 Å². The summed E-state index contributed by atoms with van der Waals surface area (Å²) in [4.78, 5) is 9.23. The monoisotopic (exact) mass is 291 g/mol. The molecule has 21 heavy (non-hydrogen) atoms. The van der Waals surface area contributed by atoms with Crippen molar-refractivity contribution in [2.24, 2.45) is 11.3 Å². The largest absolute Gasteiger partial charge is 0.381 e. The third kappa shape index (κ3) is 3.27. The Labute approximate surface area is 125 Å². The molecule has 6 nitrogen and oxygen atoms in total. The molecule has 1 aliphatic heterocycles. The van der Waals surface area contributed by atoms with Crippen LogP contribution in [0.2, 0.25) is 0 Å². The number of rotatable bonds is 5. The van der Waals surface area contributed by atoms with E-state index in [0.717, 1.165) is 55.6 Å². The molecule has 6 heteroatoms. The molecule has 1 aliphatic carbocycles. The Bertz CT molecular complexity index is 509.